The summed E-state index contributed by atoms with van der Waals surface area (Å²) < 4.78 is 5.60. The third kappa shape index (κ3) is 4.23. The number of carbonyl (C=O) groups is 2. The largest absolute Gasteiger partial charge is 0.368 e. The molecule has 2 unspecified atom stereocenters. The molecule has 1 N–H and O–H groups in total. The number of ether oxygens (including phenoxy) is 1. The van der Waals surface area contributed by atoms with Gasteiger partial charge in [-0.05, 0) is 54.7 Å². The number of thiophene rings is 1. The fourth-order valence-electron chi connectivity index (χ4n) is 4.59. The van der Waals surface area contributed by atoms with Crippen LogP contribution >= 0.6 is 11.3 Å². The summed E-state index contributed by atoms with van der Waals surface area (Å²) in [6, 6.07) is 12.6. The Morgan fingerprint density at radius 2 is 2.07 bits per heavy atom. The van der Waals surface area contributed by atoms with Crippen LogP contribution in [0.4, 0.5) is 0 Å². The zero-order valence-corrected chi connectivity index (χ0v) is 17.7. The van der Waals surface area contributed by atoms with Gasteiger partial charge in [0, 0.05) is 31.6 Å². The molecule has 0 saturated carbocycles. The van der Waals surface area contributed by atoms with E-state index in [-0.39, 0.29) is 17.9 Å². The number of likely N-dealkylation sites (tertiary alicyclic amines) is 1. The Morgan fingerprint density at radius 1 is 1.24 bits per heavy atom. The fourth-order valence-corrected chi connectivity index (χ4v) is 5.32. The van der Waals surface area contributed by atoms with Gasteiger partial charge in [0.25, 0.3) is 5.91 Å². The van der Waals surface area contributed by atoms with Crippen LogP contribution in [0.5, 0.6) is 0 Å². The van der Waals surface area contributed by atoms with Crippen LogP contribution in [-0.4, -0.2) is 49.6 Å². The molecule has 0 aliphatic carbocycles. The maximum absolute atomic E-state index is 13.0. The zero-order chi connectivity index (χ0) is 20.3. The van der Waals surface area contributed by atoms with E-state index >= 15 is 0 Å². The van der Waals surface area contributed by atoms with Crippen molar-refractivity contribution >= 4 is 23.2 Å². The van der Waals surface area contributed by atoms with Gasteiger partial charge in [0.2, 0.25) is 5.91 Å². The van der Waals surface area contributed by atoms with Gasteiger partial charge in [-0.3, -0.25) is 9.59 Å². The normalized spacial score (nSPS) is 24.4. The maximum atomic E-state index is 13.0. The van der Waals surface area contributed by atoms with Crippen LogP contribution in [-0.2, 0) is 20.7 Å². The van der Waals surface area contributed by atoms with Gasteiger partial charge < -0.3 is 15.0 Å². The molecule has 4 rings (SSSR count). The van der Waals surface area contributed by atoms with Crippen LogP contribution in [0.1, 0.15) is 31.2 Å². The molecule has 3 heterocycles. The minimum Gasteiger partial charge on any atom is -0.368 e. The van der Waals surface area contributed by atoms with E-state index in [1.807, 2.05) is 4.90 Å². The first-order valence-corrected chi connectivity index (χ1v) is 11.2. The van der Waals surface area contributed by atoms with Crippen LogP contribution < -0.4 is 5.32 Å². The number of piperidine rings is 1. The molecule has 0 bridgehead atoms. The smallest absolute Gasteiger partial charge is 0.251 e. The van der Waals surface area contributed by atoms with Crippen molar-refractivity contribution in [1.82, 2.24) is 10.2 Å². The topological polar surface area (TPSA) is 58.6 Å². The van der Waals surface area contributed by atoms with Crippen LogP contribution in [0.25, 0.3) is 10.4 Å². The first-order chi connectivity index (χ1) is 14.1. The number of hydrogen-bond acceptors (Lipinski definition) is 4. The number of nitrogens with one attached hydrogen (secondary N) is 1. The molecule has 2 atom stereocenters. The molecule has 5 nitrogen and oxygen atoms in total. The Bertz CT molecular complexity index is 844. The Hall–Kier alpha value is -2.18. The van der Waals surface area contributed by atoms with Crippen molar-refractivity contribution in [3.8, 4) is 10.4 Å². The molecule has 2 amide bonds. The second-order valence-electron chi connectivity index (χ2n) is 8.08. The summed E-state index contributed by atoms with van der Waals surface area (Å²) in [5.74, 6) is 0.0631. The van der Waals surface area contributed by atoms with E-state index in [2.05, 4.69) is 47.1 Å². The highest BCUT2D eigenvalue weighted by atomic mass is 32.1. The standard InChI is InChI=1S/C23H28N2O3S/c1-24-22(27)23(11-4-12-25(16-23)21(26)19-5-2-13-28-19)15-17-7-9-18(10-8-17)20-6-3-14-29-20/h3,6-10,14,19H,2,4-5,11-13,15-16H2,1H3,(H,24,27). The number of carbonyl (C=O) groups excluding carboxylic acids is 2. The second-order valence-corrected chi connectivity index (χ2v) is 9.02. The predicted octanol–water partition coefficient (Wildman–Crippen LogP) is 3.49. The van der Waals surface area contributed by atoms with Gasteiger partial charge in [-0.1, -0.05) is 30.3 Å². The molecule has 1 aromatic carbocycles. The van der Waals surface area contributed by atoms with Gasteiger partial charge in [0.1, 0.15) is 6.10 Å². The van der Waals surface area contributed by atoms with Crippen molar-refractivity contribution in [3.63, 3.8) is 0 Å². The van der Waals surface area contributed by atoms with E-state index in [4.69, 9.17) is 4.74 Å². The van der Waals surface area contributed by atoms with E-state index in [1.165, 1.54) is 10.4 Å². The van der Waals surface area contributed by atoms with Crippen molar-refractivity contribution in [2.45, 2.75) is 38.2 Å². The molecule has 29 heavy (non-hydrogen) atoms. The lowest BCUT2D eigenvalue weighted by Crippen LogP contribution is -2.55. The van der Waals surface area contributed by atoms with Crippen molar-refractivity contribution < 1.29 is 14.3 Å². The van der Waals surface area contributed by atoms with E-state index in [0.29, 0.717) is 26.1 Å². The lowest BCUT2D eigenvalue weighted by Gasteiger charge is -2.42. The molecule has 0 radical (unpaired) electrons. The molecule has 2 aromatic rings. The van der Waals surface area contributed by atoms with Gasteiger partial charge in [0.05, 0.1) is 5.41 Å². The monoisotopic (exact) mass is 412 g/mol. The number of rotatable bonds is 5. The molecule has 2 fully saturated rings. The van der Waals surface area contributed by atoms with Crippen LogP contribution in [0.2, 0.25) is 0 Å². The second kappa shape index (κ2) is 8.67. The molecule has 6 heteroatoms. The van der Waals surface area contributed by atoms with E-state index in [9.17, 15) is 9.59 Å². The summed E-state index contributed by atoms with van der Waals surface area (Å²) in [6.07, 6.45) is 3.63. The number of hydrogen-bond donors (Lipinski definition) is 1. The number of amides is 2. The Balaban J connectivity index is 1.53. The average molecular weight is 413 g/mol. The quantitative estimate of drug-likeness (QED) is 0.818. The van der Waals surface area contributed by atoms with Gasteiger partial charge in [-0.2, -0.15) is 0 Å². The maximum Gasteiger partial charge on any atom is 0.251 e. The molecule has 154 valence electrons. The summed E-state index contributed by atoms with van der Waals surface area (Å²) >= 11 is 1.72. The van der Waals surface area contributed by atoms with E-state index in [1.54, 1.807) is 18.4 Å². The first kappa shape index (κ1) is 20.1. The average Bonchev–Trinajstić information content (AvgIpc) is 3.47. The predicted molar refractivity (Wildman–Crippen MR) is 115 cm³/mol. The minimum absolute atomic E-state index is 0.0182. The van der Waals surface area contributed by atoms with Crippen LogP contribution in [0.15, 0.2) is 41.8 Å². The highest BCUT2D eigenvalue weighted by molar-refractivity contribution is 7.13. The Labute approximate surface area is 176 Å². The van der Waals surface area contributed by atoms with Gasteiger partial charge in [0.15, 0.2) is 0 Å². The SMILES string of the molecule is CNC(=O)C1(Cc2ccc(-c3cccs3)cc2)CCCN(C(=O)C2CCCO2)C1. The van der Waals surface area contributed by atoms with E-state index < -0.39 is 5.41 Å². The van der Waals surface area contributed by atoms with Crippen molar-refractivity contribution in [3.05, 3.63) is 47.3 Å². The fraction of sp³-hybridized carbons (Fsp3) is 0.478. The Kier molecular flexibility index (Phi) is 6.01. The van der Waals surface area contributed by atoms with Gasteiger partial charge >= 0.3 is 0 Å². The highest BCUT2D eigenvalue weighted by Crippen LogP contribution is 2.36. The molecular weight excluding hydrogens is 384 g/mol. The molecule has 1 aromatic heterocycles. The van der Waals surface area contributed by atoms with E-state index in [0.717, 1.165) is 31.2 Å². The van der Waals surface area contributed by atoms with Crippen LogP contribution in [0, 0.1) is 5.41 Å². The van der Waals surface area contributed by atoms with Gasteiger partial charge in [-0.25, -0.2) is 0 Å². The molecule has 2 aliphatic rings. The van der Waals surface area contributed by atoms with Gasteiger partial charge in [-0.15, -0.1) is 11.3 Å². The third-order valence-corrected chi connectivity index (χ3v) is 7.02. The molecule has 0 spiro atoms. The van der Waals surface area contributed by atoms with Crippen LogP contribution in [0.3, 0.4) is 0 Å². The summed E-state index contributed by atoms with van der Waals surface area (Å²) in [6.45, 7) is 1.81. The first-order valence-electron chi connectivity index (χ1n) is 10.4. The lowest BCUT2D eigenvalue weighted by atomic mass is 9.74. The highest BCUT2D eigenvalue weighted by Gasteiger charge is 2.44. The summed E-state index contributed by atoms with van der Waals surface area (Å²) in [7, 11) is 1.69. The Morgan fingerprint density at radius 3 is 2.72 bits per heavy atom. The molecule has 2 aliphatic heterocycles. The molecular formula is C23H28N2O3S. The summed E-state index contributed by atoms with van der Waals surface area (Å²) in [4.78, 5) is 29.0. The lowest BCUT2D eigenvalue weighted by molar-refractivity contribution is -0.148. The summed E-state index contributed by atoms with van der Waals surface area (Å²) in [5.41, 5.74) is 1.73. The number of nitrogens with zero attached hydrogens (tertiary/aromatic N) is 1. The van der Waals surface area contributed by atoms with Crippen molar-refractivity contribution in [2.24, 2.45) is 5.41 Å². The number of benzene rings is 1. The van der Waals surface area contributed by atoms with Crippen molar-refractivity contribution in [1.29, 1.82) is 0 Å². The zero-order valence-electron chi connectivity index (χ0n) is 16.9. The minimum atomic E-state index is -0.592. The summed E-state index contributed by atoms with van der Waals surface area (Å²) in [5, 5.41) is 4.93. The molecule has 2 saturated heterocycles. The van der Waals surface area contributed by atoms with Crippen molar-refractivity contribution in [2.75, 3.05) is 26.7 Å². The third-order valence-electron chi connectivity index (χ3n) is 6.10.